The summed E-state index contributed by atoms with van der Waals surface area (Å²) < 4.78 is 37.4. The Bertz CT molecular complexity index is 1570. The third-order valence-electron chi connectivity index (χ3n) is 7.86. The second-order valence-corrected chi connectivity index (χ2v) is 11.1. The molecule has 2 aromatic carbocycles. The Balaban J connectivity index is 1.17. The van der Waals surface area contributed by atoms with Crippen LogP contribution in [0.1, 0.15) is 18.4 Å². The van der Waals surface area contributed by atoms with Crippen LogP contribution in [-0.4, -0.2) is 80.5 Å². The van der Waals surface area contributed by atoms with E-state index in [9.17, 15) is 8.42 Å². The first-order valence-corrected chi connectivity index (χ1v) is 15.1. The standard InChI is InChI=1S/C29H35N7O4S/c1-39-28-18-24(34-11-9-23(10-12-34)35-13-15-40-16-14-35)5-7-26(28)32-29-30-20-25-6-8-27(36(25)33-29)22-4-2-3-21(17-22)19-31-41(37)38/h2-8,17-18,20,23,41H,9-16,19H2,1H3,(H,32,33)(H,31,37,38). The number of aromatic nitrogens is 3. The van der Waals surface area contributed by atoms with Gasteiger partial charge in [-0.05, 0) is 48.7 Å². The van der Waals surface area contributed by atoms with Crippen molar-refractivity contribution in [3.05, 3.63) is 66.4 Å². The highest BCUT2D eigenvalue weighted by Gasteiger charge is 2.26. The molecule has 0 radical (unpaired) electrons. The van der Waals surface area contributed by atoms with Crippen LogP contribution in [0.15, 0.2) is 60.8 Å². The zero-order valence-electron chi connectivity index (χ0n) is 23.0. The smallest absolute Gasteiger partial charge is 0.245 e. The number of nitrogens with zero attached hydrogens (tertiary/aromatic N) is 5. The van der Waals surface area contributed by atoms with Gasteiger partial charge in [0.1, 0.15) is 5.75 Å². The van der Waals surface area contributed by atoms with Gasteiger partial charge in [-0.15, -0.1) is 5.10 Å². The number of ether oxygens (including phenoxy) is 2. The van der Waals surface area contributed by atoms with E-state index in [4.69, 9.17) is 14.6 Å². The van der Waals surface area contributed by atoms with Crippen LogP contribution < -0.4 is 19.7 Å². The van der Waals surface area contributed by atoms with Crippen molar-refractivity contribution >= 4 is 33.7 Å². The Morgan fingerprint density at radius 3 is 2.63 bits per heavy atom. The minimum atomic E-state index is -2.65. The van der Waals surface area contributed by atoms with Gasteiger partial charge in [-0.2, -0.15) is 0 Å². The number of morpholine rings is 1. The van der Waals surface area contributed by atoms with E-state index in [2.05, 4.69) is 37.0 Å². The molecule has 2 fully saturated rings. The third kappa shape index (κ3) is 6.30. The molecule has 0 bridgehead atoms. The Morgan fingerprint density at radius 2 is 1.85 bits per heavy atom. The molecule has 2 aliphatic heterocycles. The lowest BCUT2D eigenvalue weighted by atomic mass is 10.0. The van der Waals surface area contributed by atoms with Crippen molar-refractivity contribution in [2.75, 3.05) is 56.7 Å². The molecule has 2 aliphatic rings. The van der Waals surface area contributed by atoms with Gasteiger partial charge in [0.15, 0.2) is 0 Å². The second kappa shape index (κ2) is 12.4. The lowest BCUT2D eigenvalue weighted by molar-refractivity contribution is 0.0115. The molecule has 216 valence electrons. The van der Waals surface area contributed by atoms with Crippen LogP contribution in [0.5, 0.6) is 5.75 Å². The summed E-state index contributed by atoms with van der Waals surface area (Å²) in [6.45, 7) is 6.01. The number of rotatable bonds is 9. The summed E-state index contributed by atoms with van der Waals surface area (Å²) in [6, 6.07) is 18.5. The Kier molecular flexibility index (Phi) is 8.33. The fourth-order valence-electron chi connectivity index (χ4n) is 5.71. The first-order valence-electron chi connectivity index (χ1n) is 13.9. The number of methoxy groups -OCH3 is 1. The van der Waals surface area contributed by atoms with Crippen LogP contribution in [-0.2, 0) is 22.2 Å². The summed E-state index contributed by atoms with van der Waals surface area (Å²) in [4.78, 5) is 9.52. The summed E-state index contributed by atoms with van der Waals surface area (Å²) in [5.74, 6) is 1.17. The number of thiol groups is 1. The predicted octanol–water partition coefficient (Wildman–Crippen LogP) is 3.07. The fourth-order valence-corrected chi connectivity index (χ4v) is 6.02. The van der Waals surface area contributed by atoms with E-state index in [0.29, 0.717) is 12.0 Å². The zero-order chi connectivity index (χ0) is 28.2. The van der Waals surface area contributed by atoms with Gasteiger partial charge in [-0.3, -0.25) is 4.90 Å². The van der Waals surface area contributed by atoms with Crippen molar-refractivity contribution in [2.45, 2.75) is 25.4 Å². The highest BCUT2D eigenvalue weighted by molar-refractivity contribution is 7.70. The largest absolute Gasteiger partial charge is 0.494 e. The minimum Gasteiger partial charge on any atom is -0.494 e. The molecule has 2 N–H and O–H groups in total. The van der Waals surface area contributed by atoms with Gasteiger partial charge in [0.2, 0.25) is 16.8 Å². The average molecular weight is 578 g/mol. The number of nitrogens with one attached hydrogen (secondary N) is 2. The van der Waals surface area contributed by atoms with Crippen LogP contribution in [0, 0.1) is 0 Å². The van der Waals surface area contributed by atoms with E-state index in [1.54, 1.807) is 13.3 Å². The number of fused-ring (bicyclic) bond motifs is 1. The fraction of sp³-hybridized carbons (Fsp3) is 0.379. The van der Waals surface area contributed by atoms with E-state index in [1.165, 1.54) is 0 Å². The predicted molar refractivity (Wildman–Crippen MR) is 159 cm³/mol. The molecule has 4 heterocycles. The third-order valence-corrected chi connectivity index (χ3v) is 8.27. The van der Waals surface area contributed by atoms with Gasteiger partial charge in [0.25, 0.3) is 0 Å². The van der Waals surface area contributed by atoms with Crippen LogP contribution in [0.2, 0.25) is 0 Å². The topological polar surface area (TPSA) is 113 Å². The molecule has 11 nitrogen and oxygen atoms in total. The van der Waals surface area contributed by atoms with Crippen LogP contribution in [0.25, 0.3) is 16.8 Å². The summed E-state index contributed by atoms with van der Waals surface area (Å²) in [5, 5.41) is 8.08. The van der Waals surface area contributed by atoms with E-state index in [-0.39, 0.29) is 6.54 Å². The molecule has 41 heavy (non-hydrogen) atoms. The van der Waals surface area contributed by atoms with Gasteiger partial charge in [0.05, 0.1) is 43.4 Å². The first kappa shape index (κ1) is 27.5. The molecule has 0 aliphatic carbocycles. The van der Waals surface area contributed by atoms with Gasteiger partial charge < -0.3 is 19.7 Å². The number of benzene rings is 2. The SMILES string of the molecule is COc1cc(N2CCC(N3CCOCC3)CC2)ccc1Nc1ncc2ccc(-c3cccc(CN[SH](=O)=O)c3)n2n1. The van der Waals surface area contributed by atoms with Crippen molar-refractivity contribution in [1.82, 2.24) is 24.2 Å². The van der Waals surface area contributed by atoms with Crippen molar-refractivity contribution < 1.29 is 17.9 Å². The Labute approximate surface area is 241 Å². The van der Waals surface area contributed by atoms with Gasteiger partial charge in [-0.25, -0.2) is 22.6 Å². The molecule has 12 heteroatoms. The zero-order valence-corrected chi connectivity index (χ0v) is 23.9. The summed E-state index contributed by atoms with van der Waals surface area (Å²) in [6.07, 6.45) is 4.06. The van der Waals surface area contributed by atoms with Crippen LogP contribution in [0.3, 0.4) is 0 Å². The quantitative estimate of drug-likeness (QED) is 0.258. The molecule has 4 aromatic rings. The van der Waals surface area contributed by atoms with Crippen molar-refractivity contribution in [1.29, 1.82) is 0 Å². The number of hydrogen-bond acceptors (Lipinski definition) is 9. The van der Waals surface area contributed by atoms with E-state index in [0.717, 1.165) is 91.7 Å². The maximum Gasteiger partial charge on any atom is 0.245 e. The number of hydrogen-bond donors (Lipinski definition) is 3. The summed E-state index contributed by atoms with van der Waals surface area (Å²) in [7, 11) is -0.979. The van der Waals surface area contributed by atoms with E-state index >= 15 is 0 Å². The van der Waals surface area contributed by atoms with E-state index < -0.39 is 10.9 Å². The minimum absolute atomic E-state index is 0.235. The number of piperidine rings is 1. The first-order chi connectivity index (χ1) is 20.1. The van der Waals surface area contributed by atoms with Crippen molar-refractivity contribution in [3.63, 3.8) is 0 Å². The molecule has 0 spiro atoms. The number of anilines is 3. The highest BCUT2D eigenvalue weighted by atomic mass is 32.2. The van der Waals surface area contributed by atoms with Crippen molar-refractivity contribution in [2.24, 2.45) is 0 Å². The summed E-state index contributed by atoms with van der Waals surface area (Å²) >= 11 is 0. The lowest BCUT2D eigenvalue weighted by Gasteiger charge is -2.40. The second-order valence-electron chi connectivity index (χ2n) is 10.3. The average Bonchev–Trinajstić information content (AvgIpc) is 3.44. The molecule has 2 saturated heterocycles. The molecule has 0 atom stereocenters. The van der Waals surface area contributed by atoms with E-state index in [1.807, 2.05) is 47.0 Å². The molecular weight excluding hydrogens is 542 g/mol. The molecule has 0 amide bonds. The van der Waals surface area contributed by atoms with Gasteiger partial charge >= 0.3 is 0 Å². The Hall–Kier alpha value is -3.71. The molecule has 6 rings (SSSR count). The van der Waals surface area contributed by atoms with Gasteiger partial charge in [0, 0.05) is 56.1 Å². The normalized spacial score (nSPS) is 16.9. The highest BCUT2D eigenvalue weighted by Crippen LogP contribution is 2.33. The van der Waals surface area contributed by atoms with Crippen molar-refractivity contribution in [3.8, 4) is 17.0 Å². The maximum absolute atomic E-state index is 10.9. The van der Waals surface area contributed by atoms with Crippen LogP contribution >= 0.6 is 0 Å². The molecular formula is C29H35N7O4S. The lowest BCUT2D eigenvalue weighted by Crippen LogP contribution is -2.49. The Morgan fingerprint density at radius 1 is 1.02 bits per heavy atom. The molecule has 0 unspecified atom stereocenters. The maximum atomic E-state index is 10.9. The van der Waals surface area contributed by atoms with Crippen LogP contribution in [0.4, 0.5) is 17.3 Å². The molecule has 2 aromatic heterocycles. The monoisotopic (exact) mass is 577 g/mol. The summed E-state index contributed by atoms with van der Waals surface area (Å²) in [5.41, 5.74) is 5.44. The molecule has 0 saturated carbocycles. The van der Waals surface area contributed by atoms with Gasteiger partial charge in [-0.1, -0.05) is 18.2 Å².